The largest absolute Gasteiger partial charge is 0.481 e. The molecular formula is C10H13F2NO2. The van der Waals surface area contributed by atoms with Gasteiger partial charge in [-0.1, -0.05) is 0 Å². The topological polar surface area (TPSA) is 42.2 Å². The van der Waals surface area contributed by atoms with Gasteiger partial charge in [-0.15, -0.1) is 0 Å². The fraction of sp³-hybridized carbons (Fsp3) is 0.500. The van der Waals surface area contributed by atoms with Gasteiger partial charge in [0.15, 0.2) is 0 Å². The number of carbonyl (C=O) groups is 1. The second-order valence-electron chi connectivity index (χ2n) is 3.69. The maximum absolute atomic E-state index is 12.8. The van der Waals surface area contributed by atoms with E-state index in [0.717, 1.165) is 6.92 Å². The van der Waals surface area contributed by atoms with Crippen LogP contribution in [0, 0.1) is 0 Å². The van der Waals surface area contributed by atoms with Gasteiger partial charge in [0.1, 0.15) is 0 Å². The summed E-state index contributed by atoms with van der Waals surface area (Å²) in [6.07, 6.45) is 1.46. The van der Waals surface area contributed by atoms with Gasteiger partial charge in [0.05, 0.1) is 12.5 Å². The first kappa shape index (κ1) is 11.7. The normalized spacial score (nSPS) is 13.9. The Morgan fingerprint density at radius 3 is 2.73 bits per heavy atom. The second kappa shape index (κ2) is 4.00. The number of rotatable bonds is 4. The molecule has 0 radical (unpaired) electrons. The average molecular weight is 217 g/mol. The van der Waals surface area contributed by atoms with E-state index in [0.29, 0.717) is 5.69 Å². The zero-order valence-corrected chi connectivity index (χ0v) is 8.58. The van der Waals surface area contributed by atoms with Crippen LogP contribution in [0.1, 0.15) is 25.5 Å². The zero-order valence-electron chi connectivity index (χ0n) is 8.58. The van der Waals surface area contributed by atoms with Gasteiger partial charge in [-0.05, 0) is 19.1 Å². The molecule has 1 unspecified atom stereocenters. The van der Waals surface area contributed by atoms with Crippen LogP contribution in [-0.2, 0) is 11.3 Å². The van der Waals surface area contributed by atoms with Crippen LogP contribution < -0.4 is 0 Å². The van der Waals surface area contributed by atoms with Gasteiger partial charge in [-0.3, -0.25) is 4.79 Å². The Kier molecular flexibility index (Phi) is 3.12. The molecule has 0 saturated carbocycles. The number of carboxylic acids is 1. The highest BCUT2D eigenvalue weighted by atomic mass is 19.3. The van der Waals surface area contributed by atoms with E-state index >= 15 is 0 Å². The monoisotopic (exact) mass is 217 g/mol. The van der Waals surface area contributed by atoms with Gasteiger partial charge >= 0.3 is 5.97 Å². The molecule has 1 N–H and O–H groups in total. The van der Waals surface area contributed by atoms with Gasteiger partial charge in [0, 0.05) is 18.8 Å². The number of hydrogen-bond acceptors (Lipinski definition) is 1. The van der Waals surface area contributed by atoms with E-state index < -0.39 is 24.4 Å². The summed E-state index contributed by atoms with van der Waals surface area (Å²) in [5.41, 5.74) is 0.393. The average Bonchev–Trinajstić information content (AvgIpc) is 2.47. The number of nitrogens with zero attached hydrogens (tertiary/aromatic N) is 1. The third-order valence-electron chi connectivity index (χ3n) is 2.13. The fourth-order valence-electron chi connectivity index (χ4n) is 1.39. The summed E-state index contributed by atoms with van der Waals surface area (Å²) >= 11 is 0. The van der Waals surface area contributed by atoms with E-state index in [2.05, 4.69) is 0 Å². The summed E-state index contributed by atoms with van der Waals surface area (Å²) in [5, 5.41) is 8.78. The van der Waals surface area contributed by atoms with Crippen molar-refractivity contribution in [1.82, 2.24) is 4.57 Å². The molecule has 1 atom stereocenters. The van der Waals surface area contributed by atoms with Crippen LogP contribution in [0.4, 0.5) is 8.78 Å². The van der Waals surface area contributed by atoms with E-state index in [1.807, 2.05) is 0 Å². The molecule has 0 aliphatic heterocycles. The minimum atomic E-state index is -2.84. The van der Waals surface area contributed by atoms with Crippen molar-refractivity contribution in [2.75, 3.05) is 0 Å². The first-order valence-corrected chi connectivity index (χ1v) is 4.57. The molecule has 1 aromatic rings. The third-order valence-corrected chi connectivity index (χ3v) is 2.13. The van der Waals surface area contributed by atoms with Crippen LogP contribution in [0.25, 0.3) is 0 Å². The molecule has 5 heteroatoms. The molecule has 0 saturated heterocycles. The molecule has 15 heavy (non-hydrogen) atoms. The highest BCUT2D eigenvalue weighted by Crippen LogP contribution is 2.21. The number of alkyl halides is 2. The molecule has 0 bridgehead atoms. The minimum absolute atomic E-state index is 0.393. The summed E-state index contributed by atoms with van der Waals surface area (Å²) in [7, 11) is 0. The molecular weight excluding hydrogens is 204 g/mol. The lowest BCUT2D eigenvalue weighted by molar-refractivity contribution is -0.138. The van der Waals surface area contributed by atoms with Crippen LogP contribution in [0.15, 0.2) is 18.3 Å². The fourth-order valence-corrected chi connectivity index (χ4v) is 1.39. The first-order chi connectivity index (χ1) is 6.81. The molecule has 1 rings (SSSR count). The van der Waals surface area contributed by atoms with Crippen molar-refractivity contribution >= 4 is 5.97 Å². The van der Waals surface area contributed by atoms with E-state index in [1.54, 1.807) is 12.1 Å². The minimum Gasteiger partial charge on any atom is -0.481 e. The number of aromatic nitrogens is 1. The van der Waals surface area contributed by atoms with E-state index in [9.17, 15) is 13.6 Å². The van der Waals surface area contributed by atoms with Crippen LogP contribution >= 0.6 is 0 Å². The predicted molar refractivity (Wildman–Crippen MR) is 51.1 cm³/mol. The zero-order chi connectivity index (χ0) is 11.6. The van der Waals surface area contributed by atoms with Crippen molar-refractivity contribution in [3.8, 4) is 0 Å². The lowest BCUT2D eigenvalue weighted by Crippen LogP contribution is -2.22. The Morgan fingerprint density at radius 1 is 1.67 bits per heavy atom. The highest BCUT2D eigenvalue weighted by molar-refractivity contribution is 5.74. The van der Waals surface area contributed by atoms with Gasteiger partial charge in [-0.25, -0.2) is 8.78 Å². The van der Waals surface area contributed by atoms with Crippen molar-refractivity contribution < 1.29 is 18.7 Å². The number of hydrogen-bond donors (Lipinski definition) is 1. The lowest BCUT2D eigenvalue weighted by Gasteiger charge is -2.16. The first-order valence-electron chi connectivity index (χ1n) is 4.57. The third kappa shape index (κ3) is 3.04. The van der Waals surface area contributed by atoms with Crippen molar-refractivity contribution in [2.24, 2.45) is 0 Å². The maximum Gasteiger partial charge on any atom is 0.312 e. The van der Waals surface area contributed by atoms with Crippen LogP contribution in [0.3, 0.4) is 0 Å². The number of halogens is 2. The van der Waals surface area contributed by atoms with Crippen molar-refractivity contribution in [3.63, 3.8) is 0 Å². The molecule has 0 aromatic carbocycles. The molecule has 0 aliphatic rings. The Hall–Kier alpha value is -1.39. The quantitative estimate of drug-likeness (QED) is 0.841. The van der Waals surface area contributed by atoms with Crippen molar-refractivity contribution in [3.05, 3.63) is 24.0 Å². The van der Waals surface area contributed by atoms with Gasteiger partial charge in [0.2, 0.25) is 0 Å². The van der Waals surface area contributed by atoms with E-state index in [4.69, 9.17) is 5.11 Å². The predicted octanol–water partition coefficient (Wildman–Crippen LogP) is 2.33. The summed E-state index contributed by atoms with van der Waals surface area (Å²) < 4.78 is 26.8. The smallest absolute Gasteiger partial charge is 0.312 e. The standard InChI is InChI=1S/C10H13F2NO2/c1-7(9(14)15)8-4-3-5-13(8)6-10(2,11)12/h3-5,7H,6H2,1-2H3,(H,14,15). The Labute approximate surface area is 86.3 Å². The van der Waals surface area contributed by atoms with Crippen LogP contribution in [-0.4, -0.2) is 21.6 Å². The summed E-state index contributed by atoms with van der Waals surface area (Å²) in [6.45, 7) is 1.79. The van der Waals surface area contributed by atoms with Crippen molar-refractivity contribution in [1.29, 1.82) is 0 Å². The maximum atomic E-state index is 12.8. The summed E-state index contributed by atoms with van der Waals surface area (Å²) in [6, 6.07) is 3.12. The second-order valence-corrected chi connectivity index (χ2v) is 3.69. The van der Waals surface area contributed by atoms with Gasteiger partial charge in [-0.2, -0.15) is 0 Å². The Morgan fingerprint density at radius 2 is 2.27 bits per heavy atom. The molecule has 1 heterocycles. The van der Waals surface area contributed by atoms with Crippen molar-refractivity contribution in [2.45, 2.75) is 32.2 Å². The number of carboxylic acid groups (broad SMARTS) is 1. The lowest BCUT2D eigenvalue weighted by atomic mass is 10.1. The molecule has 84 valence electrons. The Bertz CT molecular complexity index is 355. The highest BCUT2D eigenvalue weighted by Gasteiger charge is 2.25. The molecule has 0 aliphatic carbocycles. The molecule has 3 nitrogen and oxygen atoms in total. The van der Waals surface area contributed by atoms with Crippen LogP contribution in [0.2, 0.25) is 0 Å². The van der Waals surface area contributed by atoms with Gasteiger partial charge < -0.3 is 9.67 Å². The van der Waals surface area contributed by atoms with Gasteiger partial charge in [0.25, 0.3) is 5.92 Å². The van der Waals surface area contributed by atoms with E-state index in [-0.39, 0.29) is 0 Å². The summed E-state index contributed by atoms with van der Waals surface area (Å²) in [5.74, 6) is -4.64. The molecule has 0 amide bonds. The number of aliphatic carboxylic acids is 1. The molecule has 0 fully saturated rings. The summed E-state index contributed by atoms with van der Waals surface area (Å²) in [4.78, 5) is 10.7. The molecule has 1 aromatic heterocycles. The van der Waals surface area contributed by atoms with Crippen LogP contribution in [0.5, 0.6) is 0 Å². The molecule has 0 spiro atoms. The Balaban J connectivity index is 2.92. The SMILES string of the molecule is CC(C(=O)O)c1cccn1CC(C)(F)F. The van der Waals surface area contributed by atoms with E-state index in [1.165, 1.54) is 17.7 Å².